The minimum absolute atomic E-state index is 0.360. The predicted octanol–water partition coefficient (Wildman–Crippen LogP) is 3.05. The molecular formula is C15H26N4. The lowest BCUT2D eigenvalue weighted by atomic mass is 9.86. The Morgan fingerprint density at radius 2 is 1.79 bits per heavy atom. The Kier molecular flexibility index (Phi) is 4.27. The van der Waals surface area contributed by atoms with Gasteiger partial charge in [0.1, 0.15) is 18.0 Å². The molecule has 0 aromatic carbocycles. The molecule has 0 amide bonds. The number of anilines is 2. The van der Waals surface area contributed by atoms with Gasteiger partial charge in [-0.2, -0.15) is 0 Å². The molecule has 0 aliphatic carbocycles. The molecule has 1 aliphatic heterocycles. The third-order valence-corrected chi connectivity index (χ3v) is 4.25. The van der Waals surface area contributed by atoms with E-state index in [1.807, 2.05) is 0 Å². The smallest absolute Gasteiger partial charge is 0.137 e. The van der Waals surface area contributed by atoms with Gasteiger partial charge in [-0.1, -0.05) is 27.7 Å². The molecule has 2 N–H and O–H groups in total. The number of aromatic nitrogens is 2. The van der Waals surface area contributed by atoms with E-state index in [9.17, 15) is 0 Å². The molecule has 0 atom stereocenters. The molecule has 19 heavy (non-hydrogen) atoms. The fraction of sp³-hybridized carbons (Fsp3) is 0.733. The minimum Gasteiger partial charge on any atom is -0.383 e. The fourth-order valence-corrected chi connectivity index (χ4v) is 2.98. The summed E-state index contributed by atoms with van der Waals surface area (Å²) in [6, 6.07) is 0. The van der Waals surface area contributed by atoms with Gasteiger partial charge in [0, 0.05) is 18.7 Å². The summed E-state index contributed by atoms with van der Waals surface area (Å²) in [5.74, 6) is 3.66. The maximum absolute atomic E-state index is 6.03. The van der Waals surface area contributed by atoms with Crippen molar-refractivity contribution < 1.29 is 0 Å². The number of rotatable bonds is 3. The van der Waals surface area contributed by atoms with Gasteiger partial charge >= 0.3 is 0 Å². The molecule has 1 aromatic heterocycles. The molecule has 1 aliphatic rings. The molecule has 1 aromatic rings. The van der Waals surface area contributed by atoms with Crippen molar-refractivity contribution >= 4 is 11.6 Å². The molecular weight excluding hydrogens is 236 g/mol. The maximum Gasteiger partial charge on any atom is 0.137 e. The van der Waals surface area contributed by atoms with E-state index in [-0.39, 0.29) is 0 Å². The normalized spacial score (nSPS) is 17.5. The molecule has 0 bridgehead atoms. The highest BCUT2D eigenvalue weighted by Crippen LogP contribution is 2.33. The van der Waals surface area contributed by atoms with Crippen LogP contribution in [0.3, 0.4) is 0 Å². The summed E-state index contributed by atoms with van der Waals surface area (Å²) < 4.78 is 0. The van der Waals surface area contributed by atoms with Crippen LogP contribution in [-0.2, 0) is 0 Å². The average molecular weight is 262 g/mol. The van der Waals surface area contributed by atoms with Gasteiger partial charge in [-0.05, 0) is 30.6 Å². The first-order valence-electron chi connectivity index (χ1n) is 7.36. The summed E-state index contributed by atoms with van der Waals surface area (Å²) in [5.41, 5.74) is 7.13. The fourth-order valence-electron chi connectivity index (χ4n) is 2.98. The van der Waals surface area contributed by atoms with Gasteiger partial charge < -0.3 is 10.6 Å². The molecule has 4 heteroatoms. The van der Waals surface area contributed by atoms with Gasteiger partial charge in [-0.25, -0.2) is 9.97 Å². The van der Waals surface area contributed by atoms with Gasteiger partial charge in [-0.15, -0.1) is 0 Å². The summed E-state index contributed by atoms with van der Waals surface area (Å²) in [6.07, 6.45) is 4.09. The molecule has 0 saturated carbocycles. The lowest BCUT2D eigenvalue weighted by molar-refractivity contribution is 0.310. The zero-order valence-corrected chi connectivity index (χ0v) is 12.6. The summed E-state index contributed by atoms with van der Waals surface area (Å²) in [5, 5.41) is 0. The highest BCUT2D eigenvalue weighted by atomic mass is 15.2. The monoisotopic (exact) mass is 262 g/mol. The van der Waals surface area contributed by atoms with Gasteiger partial charge in [0.2, 0.25) is 0 Å². The van der Waals surface area contributed by atoms with Crippen molar-refractivity contribution in [2.24, 2.45) is 11.8 Å². The van der Waals surface area contributed by atoms with E-state index < -0.39 is 0 Å². The summed E-state index contributed by atoms with van der Waals surface area (Å²) in [6.45, 7) is 11.1. The van der Waals surface area contributed by atoms with Crippen molar-refractivity contribution in [3.05, 3.63) is 11.9 Å². The van der Waals surface area contributed by atoms with Gasteiger partial charge in [-0.3, -0.25) is 0 Å². The number of piperidine rings is 1. The largest absolute Gasteiger partial charge is 0.383 e. The van der Waals surface area contributed by atoms with Crippen LogP contribution < -0.4 is 10.6 Å². The van der Waals surface area contributed by atoms with Gasteiger partial charge in [0.25, 0.3) is 0 Å². The first kappa shape index (κ1) is 14.1. The number of nitrogen functional groups attached to an aromatic ring is 1. The van der Waals surface area contributed by atoms with Crippen molar-refractivity contribution in [2.75, 3.05) is 23.7 Å². The highest BCUT2D eigenvalue weighted by Gasteiger charge is 2.25. The van der Waals surface area contributed by atoms with Crippen molar-refractivity contribution in [2.45, 2.75) is 46.5 Å². The lowest BCUT2D eigenvalue weighted by Crippen LogP contribution is -2.36. The predicted molar refractivity (Wildman–Crippen MR) is 80.3 cm³/mol. The standard InChI is InChI=1S/C15H26N4/c1-10(2)12-5-7-19(8-6-12)15-13(11(3)4)14(16)17-9-18-15/h9-12H,5-8H2,1-4H3,(H2,16,17,18). The van der Waals surface area contributed by atoms with Crippen molar-refractivity contribution in [3.63, 3.8) is 0 Å². The van der Waals surface area contributed by atoms with E-state index in [0.717, 1.165) is 36.3 Å². The van der Waals surface area contributed by atoms with E-state index in [1.165, 1.54) is 12.8 Å². The Morgan fingerprint density at radius 3 is 2.32 bits per heavy atom. The van der Waals surface area contributed by atoms with Crippen LogP contribution in [0.1, 0.15) is 52.0 Å². The van der Waals surface area contributed by atoms with Gasteiger partial charge in [0.05, 0.1) is 0 Å². The SMILES string of the molecule is CC(C)c1c(N)ncnc1N1CCC(C(C)C)CC1. The summed E-state index contributed by atoms with van der Waals surface area (Å²) >= 11 is 0. The molecule has 0 radical (unpaired) electrons. The van der Waals surface area contributed by atoms with Crippen LogP contribution >= 0.6 is 0 Å². The third-order valence-electron chi connectivity index (χ3n) is 4.25. The molecule has 1 fully saturated rings. The van der Waals surface area contributed by atoms with Gasteiger partial charge in [0.15, 0.2) is 0 Å². The molecule has 1 saturated heterocycles. The second-order valence-corrected chi connectivity index (χ2v) is 6.22. The lowest BCUT2D eigenvalue weighted by Gasteiger charge is -2.36. The summed E-state index contributed by atoms with van der Waals surface area (Å²) in [7, 11) is 0. The number of hydrogen-bond acceptors (Lipinski definition) is 4. The van der Waals surface area contributed by atoms with Crippen molar-refractivity contribution in [3.8, 4) is 0 Å². The Hall–Kier alpha value is -1.32. The number of nitrogens with zero attached hydrogens (tertiary/aromatic N) is 3. The van der Waals surface area contributed by atoms with E-state index in [2.05, 4.69) is 42.6 Å². The van der Waals surface area contributed by atoms with E-state index >= 15 is 0 Å². The van der Waals surface area contributed by atoms with E-state index in [1.54, 1.807) is 6.33 Å². The third kappa shape index (κ3) is 2.99. The first-order chi connectivity index (χ1) is 9.00. The van der Waals surface area contributed by atoms with Crippen LogP contribution in [0.25, 0.3) is 0 Å². The van der Waals surface area contributed by atoms with Crippen LogP contribution in [-0.4, -0.2) is 23.1 Å². The summed E-state index contributed by atoms with van der Waals surface area (Å²) in [4.78, 5) is 11.0. The molecule has 0 spiro atoms. The van der Waals surface area contributed by atoms with Crippen LogP contribution in [0.2, 0.25) is 0 Å². The maximum atomic E-state index is 6.03. The number of hydrogen-bond donors (Lipinski definition) is 1. The number of nitrogens with two attached hydrogens (primary N) is 1. The van der Waals surface area contributed by atoms with E-state index in [0.29, 0.717) is 11.7 Å². The Morgan fingerprint density at radius 1 is 1.16 bits per heavy atom. The first-order valence-corrected chi connectivity index (χ1v) is 7.36. The van der Waals surface area contributed by atoms with Crippen LogP contribution in [0.4, 0.5) is 11.6 Å². The van der Waals surface area contributed by atoms with Crippen molar-refractivity contribution in [1.82, 2.24) is 9.97 Å². The Balaban J connectivity index is 2.18. The Labute approximate surface area is 116 Å². The second kappa shape index (κ2) is 5.76. The molecule has 106 valence electrons. The second-order valence-electron chi connectivity index (χ2n) is 6.22. The van der Waals surface area contributed by atoms with Crippen LogP contribution in [0, 0.1) is 11.8 Å². The quantitative estimate of drug-likeness (QED) is 0.909. The zero-order valence-electron chi connectivity index (χ0n) is 12.6. The van der Waals surface area contributed by atoms with Crippen LogP contribution in [0.15, 0.2) is 6.33 Å². The topological polar surface area (TPSA) is 55.0 Å². The minimum atomic E-state index is 0.360. The molecule has 0 unspecified atom stereocenters. The zero-order chi connectivity index (χ0) is 14.0. The Bertz CT molecular complexity index is 420. The average Bonchev–Trinajstić information content (AvgIpc) is 2.38. The highest BCUT2D eigenvalue weighted by molar-refractivity contribution is 5.58. The van der Waals surface area contributed by atoms with E-state index in [4.69, 9.17) is 5.73 Å². The molecule has 2 rings (SSSR count). The molecule has 4 nitrogen and oxygen atoms in total. The molecule has 2 heterocycles. The van der Waals surface area contributed by atoms with Crippen LogP contribution in [0.5, 0.6) is 0 Å². The van der Waals surface area contributed by atoms with Crippen molar-refractivity contribution in [1.29, 1.82) is 0 Å².